The fourth-order valence-electron chi connectivity index (χ4n) is 2.60. The Morgan fingerprint density at radius 3 is 2.61 bits per heavy atom. The van der Waals surface area contributed by atoms with Crippen molar-refractivity contribution >= 4 is 10.9 Å². The Kier molecular flexibility index (Phi) is 3.96. The van der Waals surface area contributed by atoms with Crippen LogP contribution in [0, 0.1) is 5.82 Å². The number of halogens is 1. The third-order valence-electron chi connectivity index (χ3n) is 3.99. The van der Waals surface area contributed by atoms with Crippen molar-refractivity contribution in [3.05, 3.63) is 64.5 Å². The van der Waals surface area contributed by atoms with E-state index in [-0.39, 0.29) is 17.5 Å². The number of fused-ring (bicyclic) bond motifs is 1. The smallest absolute Gasteiger partial charge is 0.261 e. The molecule has 23 heavy (non-hydrogen) atoms. The van der Waals surface area contributed by atoms with Gasteiger partial charge in [-0.2, -0.15) is 0 Å². The van der Waals surface area contributed by atoms with E-state index in [1.165, 1.54) is 16.7 Å². The number of rotatable bonds is 3. The summed E-state index contributed by atoms with van der Waals surface area (Å²) in [5.41, 5.74) is 2.01. The van der Waals surface area contributed by atoms with Gasteiger partial charge in [0.1, 0.15) is 17.7 Å². The van der Waals surface area contributed by atoms with Crippen molar-refractivity contribution in [3.63, 3.8) is 0 Å². The number of methoxy groups -OCH3 is 1. The lowest BCUT2D eigenvalue weighted by Gasteiger charge is -2.14. The van der Waals surface area contributed by atoms with Crippen molar-refractivity contribution < 1.29 is 9.13 Å². The lowest BCUT2D eigenvalue weighted by atomic mass is 10.0. The van der Waals surface area contributed by atoms with Crippen LogP contribution in [0.5, 0.6) is 0 Å². The van der Waals surface area contributed by atoms with Gasteiger partial charge in [-0.3, -0.25) is 9.36 Å². The van der Waals surface area contributed by atoms with Crippen LogP contribution in [-0.2, 0) is 11.8 Å². The van der Waals surface area contributed by atoms with E-state index in [0.717, 1.165) is 11.1 Å². The van der Waals surface area contributed by atoms with Gasteiger partial charge >= 0.3 is 0 Å². The Morgan fingerprint density at radius 1 is 1.17 bits per heavy atom. The molecule has 0 saturated carbocycles. The van der Waals surface area contributed by atoms with Crippen LogP contribution < -0.4 is 5.56 Å². The summed E-state index contributed by atoms with van der Waals surface area (Å²) < 4.78 is 20.2. The number of aromatic nitrogens is 2. The largest absolute Gasteiger partial charge is 0.374 e. The molecule has 0 radical (unpaired) electrons. The highest BCUT2D eigenvalue weighted by Crippen LogP contribution is 2.24. The summed E-state index contributed by atoms with van der Waals surface area (Å²) in [6.07, 6.45) is -0.296. The summed E-state index contributed by atoms with van der Waals surface area (Å²) in [6.45, 7) is 1.84. The molecule has 0 N–H and O–H groups in total. The molecule has 1 aromatic heterocycles. The van der Waals surface area contributed by atoms with Gasteiger partial charge in [0, 0.05) is 14.2 Å². The summed E-state index contributed by atoms with van der Waals surface area (Å²) in [4.78, 5) is 17.0. The van der Waals surface area contributed by atoms with Crippen molar-refractivity contribution in [1.82, 2.24) is 9.55 Å². The molecule has 118 valence electrons. The minimum atomic E-state index is -0.298. The lowest BCUT2D eigenvalue weighted by Crippen LogP contribution is -2.24. The fraction of sp³-hybridized carbons (Fsp3) is 0.222. The molecule has 0 aliphatic heterocycles. The quantitative estimate of drug-likeness (QED) is 0.744. The van der Waals surface area contributed by atoms with Crippen molar-refractivity contribution in [1.29, 1.82) is 0 Å². The summed E-state index contributed by atoms with van der Waals surface area (Å²) in [5, 5.41) is 0.528. The molecule has 3 aromatic rings. The topological polar surface area (TPSA) is 44.1 Å². The molecule has 0 amide bonds. The van der Waals surface area contributed by atoms with Crippen LogP contribution in [0.2, 0.25) is 0 Å². The Bertz CT molecular complexity index is 934. The maximum atomic E-state index is 13.4. The SMILES string of the molecule is COC(C)c1nc2cc(-c3cccc(F)c3)ccc2c(=O)n1C. The molecule has 2 aromatic carbocycles. The van der Waals surface area contributed by atoms with E-state index in [9.17, 15) is 9.18 Å². The van der Waals surface area contributed by atoms with E-state index in [2.05, 4.69) is 4.98 Å². The van der Waals surface area contributed by atoms with Crippen molar-refractivity contribution in [3.8, 4) is 11.1 Å². The summed E-state index contributed by atoms with van der Waals surface area (Å²) >= 11 is 0. The van der Waals surface area contributed by atoms with Crippen molar-refractivity contribution in [2.24, 2.45) is 7.05 Å². The average Bonchev–Trinajstić information content (AvgIpc) is 2.57. The molecule has 0 bridgehead atoms. The minimum absolute atomic E-state index is 0.125. The second-order valence-corrected chi connectivity index (χ2v) is 5.45. The van der Waals surface area contributed by atoms with Gasteiger partial charge in [0.25, 0.3) is 5.56 Å². The molecule has 1 unspecified atom stereocenters. The fourth-order valence-corrected chi connectivity index (χ4v) is 2.60. The molecule has 0 aliphatic carbocycles. The zero-order chi connectivity index (χ0) is 16.6. The molecule has 4 nitrogen and oxygen atoms in total. The molecule has 0 aliphatic rings. The number of benzene rings is 2. The second-order valence-electron chi connectivity index (χ2n) is 5.45. The highest BCUT2D eigenvalue weighted by molar-refractivity contribution is 5.83. The number of hydrogen-bond acceptors (Lipinski definition) is 3. The predicted molar refractivity (Wildman–Crippen MR) is 87.8 cm³/mol. The summed E-state index contributed by atoms with van der Waals surface area (Å²) in [6, 6.07) is 11.7. The van der Waals surface area contributed by atoms with E-state index in [4.69, 9.17) is 4.74 Å². The van der Waals surface area contributed by atoms with Gasteiger partial charge in [0.2, 0.25) is 0 Å². The van der Waals surface area contributed by atoms with E-state index in [1.54, 1.807) is 38.4 Å². The number of ether oxygens (including phenoxy) is 1. The molecule has 1 atom stereocenters. The number of nitrogens with zero attached hydrogens (tertiary/aromatic N) is 2. The van der Waals surface area contributed by atoms with Gasteiger partial charge in [-0.15, -0.1) is 0 Å². The van der Waals surface area contributed by atoms with Gasteiger partial charge in [0.05, 0.1) is 10.9 Å². The highest BCUT2D eigenvalue weighted by atomic mass is 19.1. The molecule has 0 fully saturated rings. The Hall–Kier alpha value is -2.53. The molecular formula is C18H17FN2O2. The lowest BCUT2D eigenvalue weighted by molar-refractivity contribution is 0.108. The zero-order valence-corrected chi connectivity index (χ0v) is 13.2. The predicted octanol–water partition coefficient (Wildman–Crippen LogP) is 3.45. The Morgan fingerprint density at radius 2 is 1.91 bits per heavy atom. The molecular weight excluding hydrogens is 295 g/mol. The van der Waals surface area contributed by atoms with Crippen LogP contribution >= 0.6 is 0 Å². The summed E-state index contributed by atoms with van der Waals surface area (Å²) in [7, 11) is 3.25. The normalized spacial score (nSPS) is 12.5. The molecule has 1 heterocycles. The van der Waals surface area contributed by atoms with E-state index >= 15 is 0 Å². The second kappa shape index (κ2) is 5.93. The average molecular weight is 312 g/mol. The van der Waals surface area contributed by atoms with Crippen molar-refractivity contribution in [2.45, 2.75) is 13.0 Å². The summed E-state index contributed by atoms with van der Waals surface area (Å²) in [5.74, 6) is 0.259. The standard InChI is InChI=1S/C18H17FN2O2/c1-11(23-3)17-20-16-10-13(12-5-4-6-14(19)9-12)7-8-15(16)18(22)21(17)2/h4-11H,1-3H3. The van der Waals surface area contributed by atoms with E-state index < -0.39 is 0 Å². The van der Waals surface area contributed by atoms with Crippen LogP contribution in [0.25, 0.3) is 22.0 Å². The van der Waals surface area contributed by atoms with Crippen LogP contribution in [0.3, 0.4) is 0 Å². The van der Waals surface area contributed by atoms with Crippen molar-refractivity contribution in [2.75, 3.05) is 7.11 Å². The number of hydrogen-bond donors (Lipinski definition) is 0. The molecule has 3 rings (SSSR count). The first kappa shape index (κ1) is 15.4. The third-order valence-corrected chi connectivity index (χ3v) is 3.99. The van der Waals surface area contributed by atoms with Gasteiger partial charge in [-0.25, -0.2) is 9.37 Å². The maximum absolute atomic E-state index is 13.4. The Balaban J connectivity index is 2.23. The first-order chi connectivity index (χ1) is 11.0. The third kappa shape index (κ3) is 2.75. The van der Waals surface area contributed by atoms with E-state index in [0.29, 0.717) is 16.7 Å². The minimum Gasteiger partial charge on any atom is -0.374 e. The molecule has 5 heteroatoms. The molecule has 0 saturated heterocycles. The highest BCUT2D eigenvalue weighted by Gasteiger charge is 2.14. The van der Waals surface area contributed by atoms with Crippen LogP contribution in [-0.4, -0.2) is 16.7 Å². The van der Waals surface area contributed by atoms with Crippen LogP contribution in [0.1, 0.15) is 18.9 Å². The first-order valence-electron chi connectivity index (χ1n) is 7.30. The van der Waals surface area contributed by atoms with Gasteiger partial charge in [0.15, 0.2) is 0 Å². The van der Waals surface area contributed by atoms with Gasteiger partial charge < -0.3 is 4.74 Å². The molecule has 0 spiro atoms. The van der Waals surface area contributed by atoms with E-state index in [1.807, 2.05) is 13.0 Å². The maximum Gasteiger partial charge on any atom is 0.261 e. The zero-order valence-electron chi connectivity index (χ0n) is 13.2. The van der Waals surface area contributed by atoms with Crippen LogP contribution in [0.4, 0.5) is 4.39 Å². The van der Waals surface area contributed by atoms with Gasteiger partial charge in [-0.1, -0.05) is 18.2 Å². The van der Waals surface area contributed by atoms with Crippen LogP contribution in [0.15, 0.2) is 47.3 Å². The first-order valence-corrected chi connectivity index (χ1v) is 7.30. The Labute approximate surface area is 133 Å². The van der Waals surface area contributed by atoms with Gasteiger partial charge in [-0.05, 0) is 42.3 Å². The monoisotopic (exact) mass is 312 g/mol.